The fourth-order valence-corrected chi connectivity index (χ4v) is 2.23. The van der Waals surface area contributed by atoms with Crippen LogP contribution in [-0.2, 0) is 0 Å². The lowest BCUT2D eigenvalue weighted by Gasteiger charge is -2.23. The number of fused-ring (bicyclic) bond motifs is 1. The second-order valence-corrected chi connectivity index (χ2v) is 4.52. The van der Waals surface area contributed by atoms with E-state index in [1.54, 1.807) is 22.7 Å². The highest BCUT2D eigenvalue weighted by molar-refractivity contribution is 6.29. The first-order valence-corrected chi connectivity index (χ1v) is 6.46. The van der Waals surface area contributed by atoms with Crippen molar-refractivity contribution in [1.29, 1.82) is 0 Å². The van der Waals surface area contributed by atoms with Crippen molar-refractivity contribution in [3.8, 4) is 0 Å². The third-order valence-electron chi connectivity index (χ3n) is 2.93. The first-order chi connectivity index (χ1) is 9.69. The number of hydrogen-bond acceptors (Lipinski definition) is 4. The summed E-state index contributed by atoms with van der Waals surface area (Å²) in [4.78, 5) is 10.1. The smallest absolute Gasteiger partial charge is 0.255 e. The van der Waals surface area contributed by atoms with Gasteiger partial charge in [-0.15, -0.1) is 0 Å². The Morgan fingerprint density at radius 1 is 1.30 bits per heavy atom. The van der Waals surface area contributed by atoms with E-state index < -0.39 is 0 Å². The molecule has 0 aliphatic carbocycles. The van der Waals surface area contributed by atoms with Gasteiger partial charge in [0.25, 0.3) is 5.78 Å². The number of nitrogens with zero attached hydrogens (tertiary/aromatic N) is 5. The summed E-state index contributed by atoms with van der Waals surface area (Å²) in [6.07, 6.45) is 1.42. The highest BCUT2D eigenvalue weighted by Gasteiger charge is 2.14. The minimum absolute atomic E-state index is 0.275. The molecule has 7 heteroatoms. The van der Waals surface area contributed by atoms with Crippen molar-refractivity contribution in [3.05, 3.63) is 47.6 Å². The molecule has 0 spiro atoms. The number of halogens is 2. The van der Waals surface area contributed by atoms with Crippen molar-refractivity contribution >= 4 is 28.9 Å². The van der Waals surface area contributed by atoms with Crippen molar-refractivity contribution < 1.29 is 4.39 Å². The summed E-state index contributed by atoms with van der Waals surface area (Å²) in [5.74, 6) is 0.878. The number of hydrogen-bond donors (Lipinski definition) is 0. The van der Waals surface area contributed by atoms with E-state index in [2.05, 4.69) is 15.1 Å². The minimum Gasteiger partial charge on any atom is -0.326 e. The van der Waals surface area contributed by atoms with Gasteiger partial charge in [0, 0.05) is 18.3 Å². The zero-order valence-electron chi connectivity index (χ0n) is 10.7. The summed E-state index contributed by atoms with van der Waals surface area (Å²) in [5.41, 5.74) is 0.841. The maximum absolute atomic E-state index is 13.0. The van der Waals surface area contributed by atoms with Crippen LogP contribution in [0.2, 0.25) is 5.15 Å². The van der Waals surface area contributed by atoms with Crippen LogP contribution >= 0.6 is 11.6 Å². The van der Waals surface area contributed by atoms with E-state index in [0.717, 1.165) is 11.5 Å². The van der Waals surface area contributed by atoms with Gasteiger partial charge in [0.05, 0.1) is 0 Å². The molecule has 0 atom stereocenters. The standard InChI is InChI=1S/C13H11ClFN5/c1-2-19(10-5-3-9(15)4-6-10)12-7-11(14)18-13-16-8-17-20(12)13/h3-8H,2H2,1H3. The lowest BCUT2D eigenvalue weighted by Crippen LogP contribution is -2.19. The number of rotatable bonds is 3. The van der Waals surface area contributed by atoms with Crippen LogP contribution in [0.1, 0.15) is 6.92 Å². The van der Waals surface area contributed by atoms with Crippen LogP contribution in [0.15, 0.2) is 36.7 Å². The van der Waals surface area contributed by atoms with Crippen molar-refractivity contribution in [1.82, 2.24) is 19.6 Å². The molecule has 0 N–H and O–H groups in total. The summed E-state index contributed by atoms with van der Waals surface area (Å²) in [7, 11) is 0. The van der Waals surface area contributed by atoms with E-state index in [0.29, 0.717) is 17.5 Å². The number of anilines is 2. The monoisotopic (exact) mass is 291 g/mol. The maximum atomic E-state index is 13.0. The van der Waals surface area contributed by atoms with Gasteiger partial charge in [0.2, 0.25) is 0 Å². The average molecular weight is 292 g/mol. The van der Waals surface area contributed by atoms with E-state index >= 15 is 0 Å². The fourth-order valence-electron chi connectivity index (χ4n) is 2.06. The topological polar surface area (TPSA) is 46.3 Å². The van der Waals surface area contributed by atoms with Gasteiger partial charge in [-0.2, -0.15) is 19.6 Å². The molecular weight excluding hydrogens is 281 g/mol. The Bertz CT molecular complexity index is 740. The Morgan fingerprint density at radius 3 is 2.75 bits per heavy atom. The third-order valence-corrected chi connectivity index (χ3v) is 3.13. The Morgan fingerprint density at radius 2 is 2.05 bits per heavy atom. The van der Waals surface area contributed by atoms with Crippen LogP contribution in [0, 0.1) is 5.82 Å². The third kappa shape index (κ3) is 2.18. The maximum Gasteiger partial charge on any atom is 0.255 e. The van der Waals surface area contributed by atoms with Gasteiger partial charge >= 0.3 is 0 Å². The van der Waals surface area contributed by atoms with Crippen LogP contribution in [0.4, 0.5) is 15.9 Å². The molecule has 0 unspecified atom stereocenters. The van der Waals surface area contributed by atoms with Crippen LogP contribution in [-0.4, -0.2) is 26.1 Å². The molecule has 3 rings (SSSR count). The quantitative estimate of drug-likeness (QED) is 0.696. The lowest BCUT2D eigenvalue weighted by molar-refractivity contribution is 0.627. The number of aromatic nitrogens is 4. The van der Waals surface area contributed by atoms with Crippen LogP contribution in [0.25, 0.3) is 5.78 Å². The van der Waals surface area contributed by atoms with Crippen LogP contribution in [0.5, 0.6) is 0 Å². The second-order valence-electron chi connectivity index (χ2n) is 4.13. The van der Waals surface area contributed by atoms with E-state index in [9.17, 15) is 4.39 Å². The number of benzene rings is 1. The molecule has 0 amide bonds. The molecule has 5 nitrogen and oxygen atoms in total. The summed E-state index contributed by atoms with van der Waals surface area (Å²) in [5, 5.41) is 4.47. The summed E-state index contributed by atoms with van der Waals surface area (Å²) in [6.45, 7) is 2.65. The van der Waals surface area contributed by atoms with Crippen molar-refractivity contribution in [2.75, 3.05) is 11.4 Å². The van der Waals surface area contributed by atoms with Crippen molar-refractivity contribution in [2.24, 2.45) is 0 Å². The Kier molecular flexibility index (Phi) is 3.23. The highest BCUT2D eigenvalue weighted by atomic mass is 35.5. The molecule has 0 bridgehead atoms. The molecule has 0 fully saturated rings. The molecule has 0 radical (unpaired) electrons. The second kappa shape index (κ2) is 5.05. The van der Waals surface area contributed by atoms with E-state index in [1.807, 2.05) is 11.8 Å². The molecule has 1 aromatic carbocycles. The predicted molar refractivity (Wildman–Crippen MR) is 74.9 cm³/mol. The minimum atomic E-state index is -0.275. The Hall–Kier alpha value is -2.21. The molecular formula is C13H11ClFN5. The average Bonchev–Trinajstić information content (AvgIpc) is 2.89. The van der Waals surface area contributed by atoms with Gasteiger partial charge in [0.1, 0.15) is 23.1 Å². The zero-order chi connectivity index (χ0) is 14.1. The molecule has 3 aromatic rings. The molecule has 20 heavy (non-hydrogen) atoms. The molecule has 102 valence electrons. The lowest BCUT2D eigenvalue weighted by atomic mass is 10.2. The van der Waals surface area contributed by atoms with Gasteiger partial charge in [0.15, 0.2) is 0 Å². The normalized spacial score (nSPS) is 10.9. The van der Waals surface area contributed by atoms with Gasteiger partial charge in [-0.25, -0.2) is 4.39 Å². The van der Waals surface area contributed by atoms with E-state index in [-0.39, 0.29) is 5.82 Å². The van der Waals surface area contributed by atoms with Gasteiger partial charge in [-0.1, -0.05) is 11.6 Å². The first-order valence-electron chi connectivity index (χ1n) is 6.08. The van der Waals surface area contributed by atoms with Gasteiger partial charge in [-0.3, -0.25) is 0 Å². The van der Waals surface area contributed by atoms with Crippen molar-refractivity contribution in [3.63, 3.8) is 0 Å². The molecule has 0 aliphatic heterocycles. The van der Waals surface area contributed by atoms with Gasteiger partial charge < -0.3 is 4.90 Å². The van der Waals surface area contributed by atoms with Crippen LogP contribution in [0.3, 0.4) is 0 Å². The molecule has 0 aliphatic rings. The Balaban J connectivity index is 2.16. The molecule has 2 heterocycles. The highest BCUT2D eigenvalue weighted by Crippen LogP contribution is 2.26. The SMILES string of the molecule is CCN(c1ccc(F)cc1)c1cc(Cl)nc2ncnn12. The molecule has 2 aromatic heterocycles. The van der Waals surface area contributed by atoms with E-state index in [1.165, 1.54) is 18.5 Å². The van der Waals surface area contributed by atoms with Crippen molar-refractivity contribution in [2.45, 2.75) is 6.92 Å². The summed E-state index contributed by atoms with van der Waals surface area (Å²) in [6, 6.07) is 7.95. The van der Waals surface area contributed by atoms with Crippen LogP contribution < -0.4 is 4.90 Å². The van der Waals surface area contributed by atoms with Gasteiger partial charge in [-0.05, 0) is 31.2 Å². The predicted octanol–water partition coefficient (Wildman–Crippen LogP) is 3.07. The fraction of sp³-hybridized carbons (Fsp3) is 0.154. The zero-order valence-corrected chi connectivity index (χ0v) is 11.4. The first kappa shape index (κ1) is 12.8. The molecule has 0 saturated carbocycles. The van der Waals surface area contributed by atoms with E-state index in [4.69, 9.17) is 11.6 Å². The summed E-state index contributed by atoms with van der Waals surface area (Å²) >= 11 is 6.02. The largest absolute Gasteiger partial charge is 0.326 e. The summed E-state index contributed by atoms with van der Waals surface area (Å²) < 4.78 is 14.6. The Labute approximate surface area is 119 Å². The molecule has 0 saturated heterocycles.